The van der Waals surface area contributed by atoms with Gasteiger partial charge in [0.25, 0.3) is 0 Å². The number of rotatable bonds is 4. The maximum Gasteiger partial charge on any atom is 0.203 e. The van der Waals surface area contributed by atoms with Crippen molar-refractivity contribution in [3.63, 3.8) is 0 Å². The first-order valence-corrected chi connectivity index (χ1v) is 9.40. The Morgan fingerprint density at radius 3 is 2.88 bits per heavy atom. The van der Waals surface area contributed by atoms with Crippen LogP contribution in [0.2, 0.25) is 5.02 Å². The third kappa shape index (κ3) is 3.62. The summed E-state index contributed by atoms with van der Waals surface area (Å²) in [5, 5.41) is 14.5. The second-order valence-corrected chi connectivity index (χ2v) is 7.58. The average Bonchev–Trinajstić information content (AvgIpc) is 3.25. The number of H-pyrrole nitrogens is 1. The van der Waals surface area contributed by atoms with Crippen LogP contribution in [0.4, 0.5) is 5.95 Å². The topological polar surface area (TPSA) is 73.4 Å². The molecule has 25 heavy (non-hydrogen) atoms. The summed E-state index contributed by atoms with van der Waals surface area (Å²) >= 11 is 6.20. The fraction of sp³-hybridized carbons (Fsp3) is 0.611. The number of piperidine rings is 1. The molecule has 0 amide bonds. The van der Waals surface area contributed by atoms with Crippen LogP contribution >= 0.6 is 11.6 Å². The quantitative estimate of drug-likeness (QED) is 0.727. The number of halogens is 1. The van der Waals surface area contributed by atoms with Crippen molar-refractivity contribution in [2.24, 2.45) is 5.92 Å². The van der Waals surface area contributed by atoms with Crippen molar-refractivity contribution in [2.45, 2.75) is 38.5 Å². The summed E-state index contributed by atoms with van der Waals surface area (Å²) in [6.45, 7) is 5.26. The molecule has 2 aliphatic rings. The van der Waals surface area contributed by atoms with Gasteiger partial charge in [0.2, 0.25) is 5.95 Å². The number of aryl methyl sites for hydroxylation is 1. The normalized spacial score (nSPS) is 23.5. The third-order valence-electron chi connectivity index (χ3n) is 5.37. The molecule has 0 spiro atoms. The van der Waals surface area contributed by atoms with Gasteiger partial charge in [-0.25, -0.2) is 4.98 Å². The van der Waals surface area contributed by atoms with Crippen LogP contribution in [0, 0.1) is 12.8 Å². The molecule has 2 unspecified atom stereocenters. The van der Waals surface area contributed by atoms with Gasteiger partial charge in [-0.2, -0.15) is 0 Å². The van der Waals surface area contributed by atoms with Crippen molar-refractivity contribution in [1.29, 1.82) is 0 Å². The Morgan fingerprint density at radius 1 is 1.36 bits per heavy atom. The Balaban J connectivity index is 1.38. The first-order chi connectivity index (χ1) is 12.1. The van der Waals surface area contributed by atoms with Gasteiger partial charge in [-0.1, -0.05) is 11.6 Å². The number of nitrogens with zero attached hydrogens (tertiary/aromatic N) is 2. The standard InChI is InChI=1S/C18H25ClN4O2/c1-11-8-15-16(9-14(11)19)22-18(21-15)23-5-2-12(3-6-23)17(24)20-13-4-7-25-10-13/h8-9,12-13,17,20,24H,2-7,10H2,1H3,(H,21,22). The lowest BCUT2D eigenvalue weighted by atomic mass is 9.94. The number of fused-ring (bicyclic) bond motifs is 1. The van der Waals surface area contributed by atoms with Crippen LogP contribution in [0.25, 0.3) is 11.0 Å². The van der Waals surface area contributed by atoms with Crippen LogP contribution in [-0.2, 0) is 4.74 Å². The maximum absolute atomic E-state index is 10.4. The van der Waals surface area contributed by atoms with E-state index in [9.17, 15) is 5.11 Å². The molecule has 1 aromatic heterocycles. The minimum Gasteiger partial charge on any atom is -0.380 e. The second-order valence-electron chi connectivity index (χ2n) is 7.18. The SMILES string of the molecule is Cc1cc2[nH]c(N3CCC(C(O)NC4CCOC4)CC3)nc2cc1Cl. The van der Waals surface area contributed by atoms with Crippen molar-refractivity contribution < 1.29 is 9.84 Å². The number of imidazole rings is 1. The summed E-state index contributed by atoms with van der Waals surface area (Å²) in [6.07, 6.45) is 2.42. The Hall–Kier alpha value is -1.34. The van der Waals surface area contributed by atoms with E-state index < -0.39 is 6.23 Å². The fourth-order valence-electron chi connectivity index (χ4n) is 3.75. The third-order valence-corrected chi connectivity index (χ3v) is 5.78. The molecule has 2 aromatic rings. The molecule has 2 saturated heterocycles. The number of hydrogen-bond acceptors (Lipinski definition) is 5. The van der Waals surface area contributed by atoms with Gasteiger partial charge in [0.05, 0.1) is 17.6 Å². The zero-order valence-electron chi connectivity index (χ0n) is 14.5. The van der Waals surface area contributed by atoms with E-state index in [0.717, 1.165) is 66.5 Å². The number of anilines is 1. The molecule has 0 saturated carbocycles. The van der Waals surface area contributed by atoms with E-state index in [0.29, 0.717) is 6.61 Å². The summed E-state index contributed by atoms with van der Waals surface area (Å²) in [5.41, 5.74) is 2.96. The Labute approximate surface area is 152 Å². The molecular formula is C18H25ClN4O2. The molecule has 3 N–H and O–H groups in total. The van der Waals surface area contributed by atoms with Crippen molar-refractivity contribution in [2.75, 3.05) is 31.2 Å². The highest BCUT2D eigenvalue weighted by Crippen LogP contribution is 2.27. The van der Waals surface area contributed by atoms with Gasteiger partial charge in [0, 0.05) is 36.7 Å². The van der Waals surface area contributed by atoms with E-state index in [1.54, 1.807) is 0 Å². The zero-order chi connectivity index (χ0) is 17.4. The number of benzene rings is 1. The largest absolute Gasteiger partial charge is 0.380 e. The highest BCUT2D eigenvalue weighted by molar-refractivity contribution is 6.32. The molecule has 0 aliphatic carbocycles. The van der Waals surface area contributed by atoms with E-state index in [1.807, 2.05) is 19.1 Å². The molecular weight excluding hydrogens is 340 g/mol. The van der Waals surface area contributed by atoms with Gasteiger partial charge in [-0.3, -0.25) is 5.32 Å². The number of aliphatic hydroxyl groups is 1. The molecule has 2 aliphatic heterocycles. The van der Waals surface area contributed by atoms with Gasteiger partial charge < -0.3 is 19.7 Å². The smallest absolute Gasteiger partial charge is 0.203 e. The van der Waals surface area contributed by atoms with Crippen LogP contribution in [0.5, 0.6) is 0 Å². The summed E-state index contributed by atoms with van der Waals surface area (Å²) in [7, 11) is 0. The predicted octanol–water partition coefficient (Wildman–Crippen LogP) is 2.44. The van der Waals surface area contributed by atoms with Gasteiger partial charge in [-0.15, -0.1) is 0 Å². The average molecular weight is 365 g/mol. The Kier molecular flexibility index (Phi) is 4.86. The van der Waals surface area contributed by atoms with Gasteiger partial charge in [0.15, 0.2) is 0 Å². The molecule has 7 heteroatoms. The number of aromatic amines is 1. The lowest BCUT2D eigenvalue weighted by Gasteiger charge is -2.35. The minimum atomic E-state index is -0.453. The molecule has 136 valence electrons. The summed E-state index contributed by atoms with van der Waals surface area (Å²) in [5.74, 6) is 1.17. The van der Waals surface area contributed by atoms with Crippen LogP contribution in [-0.4, -0.2) is 53.6 Å². The first-order valence-electron chi connectivity index (χ1n) is 9.03. The van der Waals surface area contributed by atoms with Gasteiger partial charge in [0.1, 0.15) is 6.23 Å². The molecule has 4 rings (SSSR count). The molecule has 2 fully saturated rings. The van der Waals surface area contributed by atoms with E-state index in [4.69, 9.17) is 16.3 Å². The van der Waals surface area contributed by atoms with Crippen LogP contribution in [0.15, 0.2) is 12.1 Å². The zero-order valence-corrected chi connectivity index (χ0v) is 15.2. The lowest BCUT2D eigenvalue weighted by molar-refractivity contribution is 0.0484. The van der Waals surface area contributed by atoms with E-state index in [2.05, 4.69) is 20.2 Å². The van der Waals surface area contributed by atoms with Crippen molar-refractivity contribution in [3.05, 3.63) is 22.7 Å². The Bertz CT molecular complexity index is 697. The lowest BCUT2D eigenvalue weighted by Crippen LogP contribution is -2.47. The van der Waals surface area contributed by atoms with Gasteiger partial charge >= 0.3 is 0 Å². The van der Waals surface area contributed by atoms with Crippen molar-refractivity contribution in [1.82, 2.24) is 15.3 Å². The monoisotopic (exact) mass is 364 g/mol. The summed E-state index contributed by atoms with van der Waals surface area (Å²) < 4.78 is 5.36. The second kappa shape index (κ2) is 7.11. The number of aromatic nitrogens is 2. The van der Waals surface area contributed by atoms with Crippen LogP contribution in [0.3, 0.4) is 0 Å². The molecule has 6 nitrogen and oxygen atoms in total. The molecule has 0 bridgehead atoms. The maximum atomic E-state index is 10.4. The van der Waals surface area contributed by atoms with Crippen molar-refractivity contribution >= 4 is 28.6 Å². The minimum absolute atomic E-state index is 0.276. The molecule has 2 atom stereocenters. The highest BCUT2D eigenvalue weighted by Gasteiger charge is 2.29. The first kappa shape index (κ1) is 17.1. The van der Waals surface area contributed by atoms with Crippen molar-refractivity contribution in [3.8, 4) is 0 Å². The number of hydrogen-bond donors (Lipinski definition) is 3. The predicted molar refractivity (Wildman–Crippen MR) is 99.1 cm³/mol. The van der Waals surface area contributed by atoms with Gasteiger partial charge in [-0.05, 0) is 43.9 Å². The van der Waals surface area contributed by atoms with E-state index in [-0.39, 0.29) is 12.0 Å². The Morgan fingerprint density at radius 2 is 2.16 bits per heavy atom. The van der Waals surface area contributed by atoms with Crippen LogP contribution < -0.4 is 10.2 Å². The number of ether oxygens (including phenoxy) is 1. The highest BCUT2D eigenvalue weighted by atomic mass is 35.5. The molecule has 1 aromatic carbocycles. The van der Waals surface area contributed by atoms with Crippen LogP contribution in [0.1, 0.15) is 24.8 Å². The van der Waals surface area contributed by atoms with E-state index in [1.165, 1.54) is 0 Å². The van der Waals surface area contributed by atoms with E-state index >= 15 is 0 Å². The number of nitrogens with one attached hydrogen (secondary N) is 2. The number of aliphatic hydroxyl groups excluding tert-OH is 1. The summed E-state index contributed by atoms with van der Waals surface area (Å²) in [4.78, 5) is 10.3. The fourth-order valence-corrected chi connectivity index (χ4v) is 3.90. The molecule has 0 radical (unpaired) electrons. The molecule has 3 heterocycles. The summed E-state index contributed by atoms with van der Waals surface area (Å²) in [6, 6.07) is 4.24.